The van der Waals surface area contributed by atoms with Crippen molar-refractivity contribution in [1.29, 1.82) is 0 Å². The first-order valence-corrected chi connectivity index (χ1v) is 9.84. The Morgan fingerprint density at radius 2 is 2.20 bits per heavy atom. The summed E-state index contributed by atoms with van der Waals surface area (Å²) in [4.78, 5) is 31.4. The SMILES string of the molecule is CCOCCCNC(=O)c1sc2nc3n(c(=O)c2c1C)CCCCC3. The summed E-state index contributed by atoms with van der Waals surface area (Å²) in [6.45, 7) is 6.41. The molecule has 2 aromatic rings. The average molecular weight is 363 g/mol. The van der Waals surface area contributed by atoms with Gasteiger partial charge in [-0.05, 0) is 38.7 Å². The van der Waals surface area contributed by atoms with Crippen molar-refractivity contribution in [1.82, 2.24) is 14.9 Å². The Balaban J connectivity index is 1.86. The monoisotopic (exact) mass is 363 g/mol. The summed E-state index contributed by atoms with van der Waals surface area (Å²) in [5.74, 6) is 0.733. The predicted octanol–water partition coefficient (Wildman–Crippen LogP) is 2.65. The smallest absolute Gasteiger partial charge is 0.262 e. The van der Waals surface area contributed by atoms with Gasteiger partial charge in [0.15, 0.2) is 0 Å². The molecule has 0 atom stereocenters. The predicted molar refractivity (Wildman–Crippen MR) is 99.6 cm³/mol. The van der Waals surface area contributed by atoms with Crippen LogP contribution in [0.5, 0.6) is 0 Å². The summed E-state index contributed by atoms with van der Waals surface area (Å²) < 4.78 is 7.08. The molecule has 0 aromatic carbocycles. The second-order valence-electron chi connectivity index (χ2n) is 6.34. The third-order valence-corrected chi connectivity index (χ3v) is 5.76. The van der Waals surface area contributed by atoms with Crippen LogP contribution in [0.15, 0.2) is 4.79 Å². The molecule has 0 unspecified atom stereocenters. The maximum absolute atomic E-state index is 12.9. The zero-order chi connectivity index (χ0) is 17.8. The third-order valence-electron chi connectivity index (χ3n) is 4.57. The molecule has 136 valence electrons. The van der Waals surface area contributed by atoms with Crippen molar-refractivity contribution in [3.8, 4) is 0 Å². The highest BCUT2D eigenvalue weighted by Crippen LogP contribution is 2.28. The van der Waals surface area contributed by atoms with Crippen LogP contribution in [0.3, 0.4) is 0 Å². The zero-order valence-corrected chi connectivity index (χ0v) is 15.7. The van der Waals surface area contributed by atoms with Crippen LogP contribution in [-0.4, -0.2) is 35.2 Å². The normalized spacial score (nSPS) is 14.3. The number of carbonyl (C=O) groups excluding carboxylic acids is 1. The molecule has 3 rings (SSSR count). The molecule has 0 bridgehead atoms. The number of ether oxygens (including phenoxy) is 1. The summed E-state index contributed by atoms with van der Waals surface area (Å²) in [5, 5.41) is 3.52. The number of nitrogens with zero attached hydrogens (tertiary/aromatic N) is 2. The molecular formula is C18H25N3O3S. The van der Waals surface area contributed by atoms with Crippen LogP contribution in [0.1, 0.15) is 53.7 Å². The van der Waals surface area contributed by atoms with Gasteiger partial charge in [-0.25, -0.2) is 4.98 Å². The van der Waals surface area contributed by atoms with Crippen LogP contribution in [0.4, 0.5) is 0 Å². The second kappa shape index (κ2) is 8.10. The van der Waals surface area contributed by atoms with Gasteiger partial charge in [0, 0.05) is 32.7 Å². The molecule has 0 spiro atoms. The van der Waals surface area contributed by atoms with Gasteiger partial charge in [0.1, 0.15) is 10.7 Å². The number of nitrogens with one attached hydrogen (secondary N) is 1. The van der Waals surface area contributed by atoms with Crippen molar-refractivity contribution >= 4 is 27.5 Å². The number of thiophene rings is 1. The molecule has 1 amide bonds. The first-order chi connectivity index (χ1) is 12.1. The van der Waals surface area contributed by atoms with Crippen molar-refractivity contribution in [2.45, 2.75) is 52.5 Å². The van der Waals surface area contributed by atoms with Crippen LogP contribution in [-0.2, 0) is 17.7 Å². The number of hydrogen-bond donors (Lipinski definition) is 1. The van der Waals surface area contributed by atoms with E-state index in [1.165, 1.54) is 11.3 Å². The lowest BCUT2D eigenvalue weighted by Crippen LogP contribution is -2.26. The van der Waals surface area contributed by atoms with E-state index < -0.39 is 0 Å². The summed E-state index contributed by atoms with van der Waals surface area (Å²) in [7, 11) is 0. The van der Waals surface area contributed by atoms with Gasteiger partial charge in [0.25, 0.3) is 11.5 Å². The molecule has 0 saturated carbocycles. The first kappa shape index (κ1) is 18.1. The molecule has 0 saturated heterocycles. The van der Waals surface area contributed by atoms with Gasteiger partial charge < -0.3 is 10.1 Å². The summed E-state index contributed by atoms with van der Waals surface area (Å²) in [6, 6.07) is 0. The van der Waals surface area contributed by atoms with Gasteiger partial charge >= 0.3 is 0 Å². The highest BCUT2D eigenvalue weighted by Gasteiger charge is 2.21. The van der Waals surface area contributed by atoms with Gasteiger partial charge in [-0.2, -0.15) is 0 Å². The van der Waals surface area contributed by atoms with E-state index in [4.69, 9.17) is 9.72 Å². The Labute approximate surface area is 151 Å². The molecule has 0 aliphatic carbocycles. The van der Waals surface area contributed by atoms with Gasteiger partial charge in [0.05, 0.1) is 10.3 Å². The number of rotatable bonds is 6. The topological polar surface area (TPSA) is 73.2 Å². The van der Waals surface area contributed by atoms with Crippen molar-refractivity contribution in [3.63, 3.8) is 0 Å². The molecule has 0 radical (unpaired) electrons. The fourth-order valence-electron chi connectivity index (χ4n) is 3.23. The number of fused-ring (bicyclic) bond motifs is 2. The molecule has 0 fully saturated rings. The molecule has 2 aromatic heterocycles. The minimum Gasteiger partial charge on any atom is -0.382 e. The third kappa shape index (κ3) is 3.77. The van der Waals surface area contributed by atoms with Crippen molar-refractivity contribution < 1.29 is 9.53 Å². The minimum absolute atomic E-state index is 0.00560. The Hall–Kier alpha value is -1.73. The van der Waals surface area contributed by atoms with Crippen LogP contribution in [0, 0.1) is 6.92 Å². The number of aryl methyl sites for hydroxylation is 2. The van der Waals surface area contributed by atoms with E-state index in [9.17, 15) is 9.59 Å². The maximum atomic E-state index is 12.9. The van der Waals surface area contributed by atoms with E-state index in [1.54, 1.807) is 4.57 Å². The Morgan fingerprint density at radius 1 is 1.36 bits per heavy atom. The molecule has 6 nitrogen and oxygen atoms in total. The van der Waals surface area contributed by atoms with E-state index in [1.807, 2.05) is 13.8 Å². The van der Waals surface area contributed by atoms with Gasteiger partial charge in [0.2, 0.25) is 0 Å². The van der Waals surface area contributed by atoms with E-state index >= 15 is 0 Å². The van der Waals surface area contributed by atoms with Crippen LogP contribution in [0.2, 0.25) is 0 Å². The molecule has 1 N–H and O–H groups in total. The summed E-state index contributed by atoms with van der Waals surface area (Å²) >= 11 is 1.33. The quantitative estimate of drug-likeness (QED) is 0.801. The van der Waals surface area contributed by atoms with Crippen molar-refractivity contribution in [2.75, 3.05) is 19.8 Å². The molecule has 3 heterocycles. The minimum atomic E-state index is -0.128. The average Bonchev–Trinajstić information content (AvgIpc) is 2.78. The van der Waals surface area contributed by atoms with E-state index in [2.05, 4.69) is 5.32 Å². The highest BCUT2D eigenvalue weighted by atomic mass is 32.1. The highest BCUT2D eigenvalue weighted by molar-refractivity contribution is 7.20. The lowest BCUT2D eigenvalue weighted by molar-refractivity contribution is 0.0948. The standard InChI is InChI=1S/C18H25N3O3S/c1-3-24-11-7-9-19-16(22)15-12(2)14-17(25-15)20-13-8-5-4-6-10-21(13)18(14)23/h3-11H2,1-2H3,(H,19,22). The van der Waals surface area contributed by atoms with E-state index in [0.29, 0.717) is 34.9 Å². The van der Waals surface area contributed by atoms with Crippen molar-refractivity contribution in [2.24, 2.45) is 0 Å². The van der Waals surface area contributed by atoms with Gasteiger partial charge in [-0.1, -0.05) is 6.42 Å². The maximum Gasteiger partial charge on any atom is 0.262 e. The Bertz CT molecular complexity index is 825. The number of hydrogen-bond acceptors (Lipinski definition) is 5. The van der Waals surface area contributed by atoms with Crippen LogP contribution in [0.25, 0.3) is 10.2 Å². The Morgan fingerprint density at radius 3 is 3.00 bits per heavy atom. The summed E-state index contributed by atoms with van der Waals surface area (Å²) in [5.41, 5.74) is 0.755. The van der Waals surface area contributed by atoms with Gasteiger partial charge in [-0.3, -0.25) is 14.2 Å². The lowest BCUT2D eigenvalue weighted by atomic mass is 10.2. The number of carbonyl (C=O) groups is 1. The number of aromatic nitrogens is 2. The lowest BCUT2D eigenvalue weighted by Gasteiger charge is -2.08. The molecule has 7 heteroatoms. The fraction of sp³-hybridized carbons (Fsp3) is 0.611. The fourth-order valence-corrected chi connectivity index (χ4v) is 4.33. The largest absolute Gasteiger partial charge is 0.382 e. The second-order valence-corrected chi connectivity index (χ2v) is 7.34. The van der Waals surface area contributed by atoms with Crippen molar-refractivity contribution in [3.05, 3.63) is 26.6 Å². The first-order valence-electron chi connectivity index (χ1n) is 9.02. The summed E-state index contributed by atoms with van der Waals surface area (Å²) in [6.07, 6.45) is 4.82. The zero-order valence-electron chi connectivity index (χ0n) is 14.9. The van der Waals surface area contributed by atoms with E-state index in [-0.39, 0.29) is 11.5 Å². The number of amides is 1. The molecule has 25 heavy (non-hydrogen) atoms. The van der Waals surface area contributed by atoms with Crippen LogP contribution < -0.4 is 10.9 Å². The molecular weight excluding hydrogens is 338 g/mol. The molecule has 1 aliphatic heterocycles. The Kier molecular flexibility index (Phi) is 5.86. The van der Waals surface area contributed by atoms with E-state index in [0.717, 1.165) is 50.0 Å². The van der Waals surface area contributed by atoms with Gasteiger partial charge in [-0.15, -0.1) is 11.3 Å². The van der Waals surface area contributed by atoms with Crippen LogP contribution >= 0.6 is 11.3 Å². The molecule has 1 aliphatic rings.